The molecule has 1 aromatic rings. The largest absolute Gasteiger partial charge is 0.493 e. The molecule has 0 spiro atoms. The van der Waals surface area contributed by atoms with Crippen LogP contribution in [-0.4, -0.2) is 33.0 Å². The van der Waals surface area contributed by atoms with E-state index in [1.165, 1.54) is 18.4 Å². The van der Waals surface area contributed by atoms with Crippen LogP contribution < -0.4 is 14.8 Å². The highest BCUT2D eigenvalue weighted by atomic mass is 16.5. The molecule has 0 bridgehead atoms. The molecule has 0 unspecified atom stereocenters. The highest BCUT2D eigenvalue weighted by Crippen LogP contribution is 2.28. The van der Waals surface area contributed by atoms with Crippen molar-refractivity contribution >= 4 is 0 Å². The third-order valence-electron chi connectivity index (χ3n) is 3.25. The zero-order valence-corrected chi connectivity index (χ0v) is 11.8. The zero-order chi connectivity index (χ0) is 13.5. The van der Waals surface area contributed by atoms with Crippen molar-refractivity contribution in [2.45, 2.75) is 32.4 Å². The van der Waals surface area contributed by atoms with E-state index in [1.807, 2.05) is 19.1 Å². The van der Waals surface area contributed by atoms with E-state index in [1.54, 1.807) is 7.11 Å². The van der Waals surface area contributed by atoms with E-state index in [0.717, 1.165) is 31.2 Å². The predicted molar refractivity (Wildman–Crippen MR) is 74.8 cm³/mol. The molecule has 1 aliphatic heterocycles. The summed E-state index contributed by atoms with van der Waals surface area (Å²) in [4.78, 5) is 0. The predicted octanol–water partition coefficient (Wildman–Crippen LogP) is 2.36. The Labute approximate surface area is 115 Å². The van der Waals surface area contributed by atoms with E-state index in [9.17, 15) is 0 Å². The van der Waals surface area contributed by atoms with Gasteiger partial charge in [-0.3, -0.25) is 0 Å². The summed E-state index contributed by atoms with van der Waals surface area (Å²) in [7, 11) is 1.66. The number of hydrogen-bond acceptors (Lipinski definition) is 4. The van der Waals surface area contributed by atoms with Crippen molar-refractivity contribution in [2.75, 3.05) is 26.9 Å². The van der Waals surface area contributed by atoms with Gasteiger partial charge in [-0.25, -0.2) is 0 Å². The molecular weight excluding hydrogens is 242 g/mol. The summed E-state index contributed by atoms with van der Waals surface area (Å²) in [6, 6.07) is 6.04. The summed E-state index contributed by atoms with van der Waals surface area (Å²) in [5.41, 5.74) is 1.20. The third-order valence-corrected chi connectivity index (χ3v) is 3.25. The van der Waals surface area contributed by atoms with Gasteiger partial charge >= 0.3 is 0 Å². The van der Waals surface area contributed by atoms with Gasteiger partial charge in [-0.2, -0.15) is 0 Å². The Morgan fingerprint density at radius 1 is 1.37 bits per heavy atom. The maximum Gasteiger partial charge on any atom is 0.161 e. The molecule has 0 radical (unpaired) electrons. The number of nitrogens with one attached hydrogen (secondary N) is 1. The van der Waals surface area contributed by atoms with E-state index >= 15 is 0 Å². The number of ether oxygens (including phenoxy) is 3. The van der Waals surface area contributed by atoms with Gasteiger partial charge in [0.25, 0.3) is 0 Å². The molecule has 0 aromatic heterocycles. The Morgan fingerprint density at radius 2 is 2.26 bits per heavy atom. The van der Waals surface area contributed by atoms with Crippen LogP contribution >= 0.6 is 0 Å². The van der Waals surface area contributed by atoms with E-state index in [4.69, 9.17) is 14.2 Å². The van der Waals surface area contributed by atoms with Gasteiger partial charge in [-0.15, -0.1) is 0 Å². The lowest BCUT2D eigenvalue weighted by molar-refractivity contribution is 0.110. The Balaban J connectivity index is 1.86. The van der Waals surface area contributed by atoms with Crippen molar-refractivity contribution in [2.24, 2.45) is 0 Å². The second kappa shape index (κ2) is 7.36. The fourth-order valence-electron chi connectivity index (χ4n) is 2.28. The van der Waals surface area contributed by atoms with E-state index < -0.39 is 0 Å². The zero-order valence-electron chi connectivity index (χ0n) is 11.8. The molecule has 2 rings (SSSR count). The second-order valence-electron chi connectivity index (χ2n) is 4.68. The standard InChI is InChI=1S/C15H23NO3/c1-3-18-15-9-12(6-7-14(15)17-2)10-16-11-13-5-4-8-19-13/h6-7,9,13,16H,3-5,8,10-11H2,1-2H3/t13-/m0/s1. The van der Waals surface area contributed by atoms with Crippen LogP contribution in [0.5, 0.6) is 11.5 Å². The molecule has 106 valence electrons. The van der Waals surface area contributed by atoms with Gasteiger partial charge in [0.15, 0.2) is 11.5 Å². The maximum absolute atomic E-state index is 5.58. The minimum Gasteiger partial charge on any atom is -0.493 e. The molecule has 1 heterocycles. The molecule has 1 atom stereocenters. The van der Waals surface area contributed by atoms with Crippen LogP contribution in [0.15, 0.2) is 18.2 Å². The quantitative estimate of drug-likeness (QED) is 0.821. The SMILES string of the molecule is CCOc1cc(CNC[C@@H]2CCCO2)ccc1OC. The smallest absolute Gasteiger partial charge is 0.161 e. The van der Waals surface area contributed by atoms with Crippen molar-refractivity contribution in [3.05, 3.63) is 23.8 Å². The number of rotatable bonds is 7. The van der Waals surface area contributed by atoms with Gasteiger partial charge in [-0.05, 0) is 37.5 Å². The molecule has 0 aliphatic carbocycles. The number of hydrogen-bond donors (Lipinski definition) is 1. The Morgan fingerprint density at radius 3 is 2.95 bits per heavy atom. The summed E-state index contributed by atoms with van der Waals surface area (Å²) in [6.07, 6.45) is 2.73. The van der Waals surface area contributed by atoms with E-state index in [0.29, 0.717) is 12.7 Å². The molecular formula is C15H23NO3. The summed E-state index contributed by atoms with van der Waals surface area (Å²) in [5.74, 6) is 1.59. The molecule has 1 fully saturated rings. The van der Waals surface area contributed by atoms with Crippen LogP contribution in [-0.2, 0) is 11.3 Å². The lowest BCUT2D eigenvalue weighted by atomic mass is 10.2. The van der Waals surface area contributed by atoms with Gasteiger partial charge in [0.2, 0.25) is 0 Å². The van der Waals surface area contributed by atoms with Crippen molar-refractivity contribution in [3.63, 3.8) is 0 Å². The molecule has 1 aromatic carbocycles. The first kappa shape index (κ1) is 14.2. The van der Waals surface area contributed by atoms with Crippen molar-refractivity contribution in [3.8, 4) is 11.5 Å². The van der Waals surface area contributed by atoms with Crippen LogP contribution in [0.25, 0.3) is 0 Å². The Bertz CT molecular complexity index is 389. The van der Waals surface area contributed by atoms with Gasteiger partial charge in [-0.1, -0.05) is 6.07 Å². The van der Waals surface area contributed by atoms with Crippen LogP contribution in [0.3, 0.4) is 0 Å². The lowest BCUT2D eigenvalue weighted by Crippen LogP contribution is -2.25. The topological polar surface area (TPSA) is 39.7 Å². The highest BCUT2D eigenvalue weighted by molar-refractivity contribution is 5.42. The molecule has 4 heteroatoms. The van der Waals surface area contributed by atoms with Gasteiger partial charge in [0.1, 0.15) is 0 Å². The monoisotopic (exact) mass is 265 g/mol. The molecule has 0 saturated carbocycles. The summed E-state index contributed by atoms with van der Waals surface area (Å²) >= 11 is 0. The van der Waals surface area contributed by atoms with E-state index in [-0.39, 0.29) is 0 Å². The van der Waals surface area contributed by atoms with Crippen LogP contribution in [0.4, 0.5) is 0 Å². The molecule has 1 saturated heterocycles. The minimum absolute atomic E-state index is 0.379. The van der Waals surface area contributed by atoms with Crippen LogP contribution in [0.1, 0.15) is 25.3 Å². The maximum atomic E-state index is 5.58. The van der Waals surface area contributed by atoms with Crippen molar-refractivity contribution in [1.29, 1.82) is 0 Å². The fourth-order valence-corrected chi connectivity index (χ4v) is 2.28. The van der Waals surface area contributed by atoms with Gasteiger partial charge < -0.3 is 19.5 Å². The van der Waals surface area contributed by atoms with Crippen LogP contribution in [0.2, 0.25) is 0 Å². The second-order valence-corrected chi connectivity index (χ2v) is 4.68. The first-order valence-electron chi connectivity index (χ1n) is 6.95. The van der Waals surface area contributed by atoms with E-state index in [2.05, 4.69) is 11.4 Å². The number of methoxy groups -OCH3 is 1. The summed E-state index contributed by atoms with van der Waals surface area (Å²) in [5, 5.41) is 3.43. The molecule has 1 N–H and O–H groups in total. The van der Waals surface area contributed by atoms with Gasteiger partial charge in [0.05, 0.1) is 19.8 Å². The van der Waals surface area contributed by atoms with Crippen LogP contribution in [0, 0.1) is 0 Å². The first-order chi connectivity index (χ1) is 9.33. The van der Waals surface area contributed by atoms with Crippen molar-refractivity contribution < 1.29 is 14.2 Å². The summed E-state index contributed by atoms with van der Waals surface area (Å²) in [6.45, 7) is 5.26. The normalized spacial score (nSPS) is 18.5. The lowest BCUT2D eigenvalue weighted by Gasteiger charge is -2.13. The van der Waals surface area contributed by atoms with Gasteiger partial charge in [0, 0.05) is 19.7 Å². The average Bonchev–Trinajstić information content (AvgIpc) is 2.93. The number of benzene rings is 1. The molecule has 19 heavy (non-hydrogen) atoms. The molecule has 4 nitrogen and oxygen atoms in total. The Kier molecular flexibility index (Phi) is 5.48. The minimum atomic E-state index is 0.379. The highest BCUT2D eigenvalue weighted by Gasteiger charge is 2.14. The molecule has 1 aliphatic rings. The Hall–Kier alpha value is -1.26. The van der Waals surface area contributed by atoms with Crippen molar-refractivity contribution in [1.82, 2.24) is 5.32 Å². The fraction of sp³-hybridized carbons (Fsp3) is 0.600. The summed E-state index contributed by atoms with van der Waals surface area (Å²) < 4.78 is 16.4. The average molecular weight is 265 g/mol. The third kappa shape index (κ3) is 4.11. The first-order valence-corrected chi connectivity index (χ1v) is 6.95. The molecule has 0 amide bonds.